The van der Waals surface area contributed by atoms with Gasteiger partial charge >= 0.3 is 0 Å². The van der Waals surface area contributed by atoms with Crippen molar-refractivity contribution in [1.82, 2.24) is 5.16 Å². The van der Waals surface area contributed by atoms with Gasteiger partial charge in [-0.1, -0.05) is 11.2 Å². The Balaban J connectivity index is 2.56. The lowest BCUT2D eigenvalue weighted by molar-refractivity contribution is 0.354. The number of hydrogen-bond acceptors (Lipinski definition) is 5. The molecule has 0 aliphatic rings. The van der Waals surface area contributed by atoms with Gasteiger partial charge in [-0.15, -0.1) is 0 Å². The number of nitrogens with zero attached hydrogens (tertiary/aromatic N) is 1. The first-order valence-corrected chi connectivity index (χ1v) is 4.70. The Hall–Kier alpha value is -2.17. The fourth-order valence-electron chi connectivity index (χ4n) is 1.50. The number of nitrogens with two attached hydrogens (primary N) is 1. The summed E-state index contributed by atoms with van der Waals surface area (Å²) in [4.78, 5) is 0. The van der Waals surface area contributed by atoms with E-state index in [1.807, 2.05) is 18.2 Å². The molecule has 0 amide bonds. The third kappa shape index (κ3) is 1.67. The zero-order chi connectivity index (χ0) is 11.5. The van der Waals surface area contributed by atoms with E-state index in [1.54, 1.807) is 20.3 Å². The Morgan fingerprint density at radius 2 is 2.06 bits per heavy atom. The van der Waals surface area contributed by atoms with Crippen molar-refractivity contribution in [2.24, 2.45) is 0 Å². The first-order chi connectivity index (χ1) is 7.76. The number of rotatable bonds is 3. The lowest BCUT2D eigenvalue weighted by atomic mass is 10.1. The predicted octanol–water partition coefficient (Wildman–Crippen LogP) is 1.94. The lowest BCUT2D eigenvalue weighted by Gasteiger charge is -2.09. The van der Waals surface area contributed by atoms with Crippen molar-refractivity contribution in [3.05, 3.63) is 24.3 Å². The van der Waals surface area contributed by atoms with Crippen LogP contribution in [0.1, 0.15) is 0 Å². The van der Waals surface area contributed by atoms with Gasteiger partial charge in [0.15, 0.2) is 23.1 Å². The summed E-state index contributed by atoms with van der Waals surface area (Å²) in [5.74, 6) is 2.12. The van der Waals surface area contributed by atoms with Crippen LogP contribution in [-0.2, 0) is 0 Å². The number of hydrogen-bond donors (Lipinski definition) is 1. The number of ether oxygens (including phenoxy) is 2. The number of benzene rings is 1. The summed E-state index contributed by atoms with van der Waals surface area (Å²) in [6, 6.07) is 7.13. The molecule has 5 nitrogen and oxygen atoms in total. The Kier molecular flexibility index (Phi) is 2.68. The van der Waals surface area contributed by atoms with Gasteiger partial charge in [-0.05, 0) is 12.1 Å². The van der Waals surface area contributed by atoms with E-state index >= 15 is 0 Å². The summed E-state index contributed by atoms with van der Waals surface area (Å²) in [6.07, 6.45) is 0. The minimum Gasteiger partial charge on any atom is -0.493 e. The highest BCUT2D eigenvalue weighted by Crippen LogP contribution is 2.38. The molecule has 1 heterocycles. The molecule has 0 radical (unpaired) electrons. The highest BCUT2D eigenvalue weighted by molar-refractivity contribution is 5.71. The summed E-state index contributed by atoms with van der Waals surface area (Å²) < 4.78 is 15.5. The van der Waals surface area contributed by atoms with E-state index in [0.717, 1.165) is 5.56 Å². The van der Waals surface area contributed by atoms with Crippen LogP contribution in [0.4, 0.5) is 5.82 Å². The largest absolute Gasteiger partial charge is 0.493 e. The fourth-order valence-corrected chi connectivity index (χ4v) is 1.50. The Morgan fingerprint density at radius 3 is 2.62 bits per heavy atom. The third-order valence-corrected chi connectivity index (χ3v) is 2.20. The molecule has 84 valence electrons. The van der Waals surface area contributed by atoms with Gasteiger partial charge in [-0.3, -0.25) is 0 Å². The molecule has 2 aromatic rings. The van der Waals surface area contributed by atoms with Gasteiger partial charge in [0.25, 0.3) is 0 Å². The Bertz CT molecular complexity index is 494. The average molecular weight is 220 g/mol. The van der Waals surface area contributed by atoms with Crippen LogP contribution in [0.2, 0.25) is 0 Å². The molecular formula is C11H12N2O3. The molecule has 1 aromatic carbocycles. The van der Waals surface area contributed by atoms with Crippen LogP contribution in [0, 0.1) is 0 Å². The van der Waals surface area contributed by atoms with Crippen molar-refractivity contribution >= 4 is 5.82 Å². The molecule has 0 aliphatic heterocycles. The minimum absolute atomic E-state index is 0.333. The van der Waals surface area contributed by atoms with Gasteiger partial charge in [0.1, 0.15) is 0 Å². The van der Waals surface area contributed by atoms with Crippen molar-refractivity contribution in [3.8, 4) is 22.8 Å². The monoisotopic (exact) mass is 220 g/mol. The van der Waals surface area contributed by atoms with E-state index in [-0.39, 0.29) is 0 Å². The van der Waals surface area contributed by atoms with E-state index in [4.69, 9.17) is 19.7 Å². The number of nitrogen functional groups attached to an aromatic ring is 1. The molecule has 2 N–H and O–H groups in total. The minimum atomic E-state index is 0.333. The maximum absolute atomic E-state index is 5.50. The summed E-state index contributed by atoms with van der Waals surface area (Å²) in [7, 11) is 3.15. The predicted molar refractivity (Wildman–Crippen MR) is 59.5 cm³/mol. The van der Waals surface area contributed by atoms with E-state index in [2.05, 4.69) is 5.16 Å². The van der Waals surface area contributed by atoms with Gasteiger partial charge in [-0.2, -0.15) is 0 Å². The fraction of sp³-hybridized carbons (Fsp3) is 0.182. The van der Waals surface area contributed by atoms with Crippen LogP contribution in [0.5, 0.6) is 11.5 Å². The highest BCUT2D eigenvalue weighted by Gasteiger charge is 2.14. The molecule has 0 fully saturated rings. The van der Waals surface area contributed by atoms with Crippen molar-refractivity contribution in [2.45, 2.75) is 0 Å². The first kappa shape index (κ1) is 10.4. The van der Waals surface area contributed by atoms with Gasteiger partial charge in [-0.25, -0.2) is 0 Å². The molecule has 0 bridgehead atoms. The van der Waals surface area contributed by atoms with Gasteiger partial charge in [0, 0.05) is 6.07 Å². The summed E-state index contributed by atoms with van der Waals surface area (Å²) in [5, 5.41) is 3.63. The van der Waals surface area contributed by atoms with Gasteiger partial charge in [0.2, 0.25) is 0 Å². The summed E-state index contributed by atoms with van der Waals surface area (Å²) in [5.41, 5.74) is 6.26. The number of aromatic nitrogens is 1. The third-order valence-electron chi connectivity index (χ3n) is 2.20. The van der Waals surface area contributed by atoms with Crippen LogP contribution < -0.4 is 15.2 Å². The molecule has 0 spiro atoms. The maximum Gasteiger partial charge on any atom is 0.172 e. The molecule has 16 heavy (non-hydrogen) atoms. The molecule has 0 aliphatic carbocycles. The van der Waals surface area contributed by atoms with Gasteiger partial charge < -0.3 is 19.7 Å². The van der Waals surface area contributed by atoms with E-state index < -0.39 is 0 Å². The van der Waals surface area contributed by atoms with Crippen molar-refractivity contribution in [2.75, 3.05) is 20.0 Å². The zero-order valence-electron chi connectivity index (χ0n) is 9.06. The van der Waals surface area contributed by atoms with Crippen LogP contribution in [-0.4, -0.2) is 19.4 Å². The smallest absolute Gasteiger partial charge is 0.172 e. The first-order valence-electron chi connectivity index (χ1n) is 4.70. The van der Waals surface area contributed by atoms with Crippen LogP contribution in [0.15, 0.2) is 28.8 Å². The maximum atomic E-state index is 5.50. The number of para-hydroxylation sites is 1. The van der Waals surface area contributed by atoms with Crippen molar-refractivity contribution in [3.63, 3.8) is 0 Å². The van der Waals surface area contributed by atoms with E-state index in [9.17, 15) is 0 Å². The topological polar surface area (TPSA) is 70.5 Å². The average Bonchev–Trinajstić information content (AvgIpc) is 2.74. The number of methoxy groups -OCH3 is 2. The SMILES string of the molecule is COc1cccc(-c2cc(N)no2)c1OC. The second-order valence-electron chi connectivity index (χ2n) is 3.16. The second kappa shape index (κ2) is 4.14. The molecule has 0 saturated carbocycles. The van der Waals surface area contributed by atoms with E-state index in [0.29, 0.717) is 23.1 Å². The zero-order valence-corrected chi connectivity index (χ0v) is 9.06. The molecule has 0 unspecified atom stereocenters. The lowest BCUT2D eigenvalue weighted by Crippen LogP contribution is -1.92. The highest BCUT2D eigenvalue weighted by atomic mass is 16.5. The second-order valence-corrected chi connectivity index (χ2v) is 3.16. The molecule has 0 atom stereocenters. The standard InChI is InChI=1S/C11H12N2O3/c1-14-8-5-3-4-7(11(8)15-2)9-6-10(12)13-16-9/h3-6H,1-2H3,(H2,12,13). The summed E-state index contributed by atoms with van der Waals surface area (Å²) >= 11 is 0. The van der Waals surface area contributed by atoms with Gasteiger partial charge in [0.05, 0.1) is 19.8 Å². The molecule has 1 aromatic heterocycles. The molecular weight excluding hydrogens is 208 g/mol. The Labute approximate surface area is 92.8 Å². The van der Waals surface area contributed by atoms with Crippen LogP contribution in [0.3, 0.4) is 0 Å². The molecule has 2 rings (SSSR count). The number of anilines is 1. The normalized spacial score (nSPS) is 10.1. The quantitative estimate of drug-likeness (QED) is 0.855. The van der Waals surface area contributed by atoms with Crippen LogP contribution >= 0.6 is 0 Å². The van der Waals surface area contributed by atoms with Crippen molar-refractivity contribution in [1.29, 1.82) is 0 Å². The van der Waals surface area contributed by atoms with E-state index in [1.165, 1.54) is 0 Å². The molecule has 0 saturated heterocycles. The molecule has 5 heteroatoms. The summed E-state index contributed by atoms with van der Waals surface area (Å²) in [6.45, 7) is 0. The van der Waals surface area contributed by atoms with Crippen LogP contribution in [0.25, 0.3) is 11.3 Å². The Morgan fingerprint density at radius 1 is 1.25 bits per heavy atom. The van der Waals surface area contributed by atoms with Crippen molar-refractivity contribution < 1.29 is 14.0 Å².